The molecule has 4 rings (SSSR count). The maximum Gasteiger partial charge on any atom is 0.339 e. The van der Waals surface area contributed by atoms with Crippen LogP contribution < -0.4 is 14.2 Å². The zero-order valence-corrected chi connectivity index (χ0v) is 20.5. The zero-order chi connectivity index (χ0) is 25.9. The van der Waals surface area contributed by atoms with Gasteiger partial charge in [-0.15, -0.1) is 0 Å². The first-order chi connectivity index (χ1) is 17.2. The van der Waals surface area contributed by atoms with Gasteiger partial charge in [0, 0.05) is 25.2 Å². The number of rotatable bonds is 9. The SMILES string of the molecule is COc1ccc(CN(C(=O)c2ccccc2F)C2CC2)cc1OS(=O)(=O)c1ccc(NC(C)=O)cc1. The molecule has 0 aromatic heterocycles. The van der Waals surface area contributed by atoms with E-state index in [1.165, 1.54) is 62.6 Å². The van der Waals surface area contributed by atoms with E-state index in [1.807, 2.05) is 0 Å². The molecule has 8 nitrogen and oxygen atoms in total. The first-order valence-electron chi connectivity index (χ1n) is 11.2. The summed E-state index contributed by atoms with van der Waals surface area (Å²) in [4.78, 5) is 25.7. The lowest BCUT2D eigenvalue weighted by Gasteiger charge is -2.23. The number of carbonyl (C=O) groups is 2. The molecule has 2 amide bonds. The second kappa shape index (κ2) is 10.4. The maximum absolute atomic E-state index is 14.2. The molecule has 0 heterocycles. The van der Waals surface area contributed by atoms with Crippen LogP contribution in [0.3, 0.4) is 0 Å². The molecule has 0 aliphatic heterocycles. The Bertz CT molecular complexity index is 1390. The number of nitrogens with one attached hydrogen (secondary N) is 1. The second-order valence-corrected chi connectivity index (χ2v) is 9.92. The number of nitrogens with zero attached hydrogens (tertiary/aromatic N) is 1. The molecule has 3 aromatic carbocycles. The largest absolute Gasteiger partial charge is 0.493 e. The first-order valence-corrected chi connectivity index (χ1v) is 12.6. The van der Waals surface area contributed by atoms with E-state index in [2.05, 4.69) is 5.32 Å². The summed E-state index contributed by atoms with van der Waals surface area (Å²) in [6, 6.07) is 16.1. The van der Waals surface area contributed by atoms with Crippen LogP contribution in [-0.2, 0) is 21.5 Å². The van der Waals surface area contributed by atoms with Crippen molar-refractivity contribution < 1.29 is 31.3 Å². The van der Waals surface area contributed by atoms with Crippen LogP contribution in [0.15, 0.2) is 71.6 Å². The van der Waals surface area contributed by atoms with Gasteiger partial charge in [-0.2, -0.15) is 8.42 Å². The number of carbonyl (C=O) groups excluding carboxylic acids is 2. The molecule has 0 radical (unpaired) electrons. The van der Waals surface area contributed by atoms with E-state index >= 15 is 0 Å². The van der Waals surface area contributed by atoms with Gasteiger partial charge in [0.15, 0.2) is 11.5 Å². The molecular weight excluding hydrogens is 487 g/mol. The third kappa shape index (κ3) is 5.83. The first kappa shape index (κ1) is 25.2. The van der Waals surface area contributed by atoms with Crippen molar-refractivity contribution in [2.24, 2.45) is 0 Å². The number of anilines is 1. The van der Waals surface area contributed by atoms with Crippen LogP contribution in [-0.4, -0.2) is 38.3 Å². The molecule has 188 valence electrons. The Morgan fingerprint density at radius 2 is 1.72 bits per heavy atom. The summed E-state index contributed by atoms with van der Waals surface area (Å²) in [6.07, 6.45) is 1.62. The Morgan fingerprint density at radius 1 is 1.03 bits per heavy atom. The van der Waals surface area contributed by atoms with E-state index in [4.69, 9.17) is 8.92 Å². The summed E-state index contributed by atoms with van der Waals surface area (Å²) >= 11 is 0. The molecule has 0 unspecified atom stereocenters. The van der Waals surface area contributed by atoms with Crippen LogP contribution in [0.1, 0.15) is 35.7 Å². The van der Waals surface area contributed by atoms with Gasteiger partial charge in [-0.3, -0.25) is 9.59 Å². The Kier molecular flexibility index (Phi) is 7.25. The van der Waals surface area contributed by atoms with Crippen LogP contribution in [0.5, 0.6) is 11.5 Å². The standard InChI is InChI=1S/C26H25FN2O6S/c1-17(30)28-19-8-12-21(13-9-19)36(32,33)35-25-15-18(7-14-24(25)34-2)16-29(20-10-11-20)26(31)22-5-3-4-6-23(22)27/h3-9,12-15,20H,10-11,16H2,1-2H3,(H,28,30). The lowest BCUT2D eigenvalue weighted by molar-refractivity contribution is -0.114. The van der Waals surface area contributed by atoms with Crippen molar-refractivity contribution in [1.82, 2.24) is 4.90 Å². The van der Waals surface area contributed by atoms with Crippen molar-refractivity contribution >= 4 is 27.6 Å². The van der Waals surface area contributed by atoms with Crippen molar-refractivity contribution in [3.8, 4) is 11.5 Å². The fourth-order valence-corrected chi connectivity index (χ4v) is 4.63. The minimum Gasteiger partial charge on any atom is -0.493 e. The van der Waals surface area contributed by atoms with Crippen LogP contribution in [0.25, 0.3) is 0 Å². The molecule has 0 atom stereocenters. The molecule has 1 aliphatic rings. The zero-order valence-electron chi connectivity index (χ0n) is 19.7. The number of hydrogen-bond donors (Lipinski definition) is 1. The normalized spacial score (nSPS) is 13.1. The van der Waals surface area contributed by atoms with Crippen molar-refractivity contribution in [2.75, 3.05) is 12.4 Å². The van der Waals surface area contributed by atoms with Crippen LogP contribution in [0.2, 0.25) is 0 Å². The number of amides is 2. The predicted molar refractivity (Wildman–Crippen MR) is 131 cm³/mol. The van der Waals surface area contributed by atoms with Gasteiger partial charge in [-0.1, -0.05) is 18.2 Å². The second-order valence-electron chi connectivity index (χ2n) is 8.37. The van der Waals surface area contributed by atoms with Crippen molar-refractivity contribution in [3.05, 3.63) is 83.7 Å². The van der Waals surface area contributed by atoms with Crippen LogP contribution in [0.4, 0.5) is 10.1 Å². The highest BCUT2D eigenvalue weighted by molar-refractivity contribution is 7.87. The van der Waals surface area contributed by atoms with Gasteiger partial charge in [0.05, 0.1) is 12.7 Å². The highest BCUT2D eigenvalue weighted by Gasteiger charge is 2.34. The van der Waals surface area contributed by atoms with E-state index in [-0.39, 0.29) is 40.5 Å². The van der Waals surface area contributed by atoms with Crippen LogP contribution >= 0.6 is 0 Å². The number of benzene rings is 3. The Hall–Kier alpha value is -3.92. The Balaban J connectivity index is 1.58. The molecular formula is C26H25FN2O6S. The van der Waals surface area contributed by atoms with E-state index in [1.54, 1.807) is 23.1 Å². The summed E-state index contributed by atoms with van der Waals surface area (Å²) in [6.45, 7) is 1.49. The Labute approximate surface area is 208 Å². The fourth-order valence-electron chi connectivity index (χ4n) is 3.70. The highest BCUT2D eigenvalue weighted by atomic mass is 32.2. The monoisotopic (exact) mass is 512 g/mol. The number of hydrogen-bond acceptors (Lipinski definition) is 6. The Morgan fingerprint density at radius 3 is 2.33 bits per heavy atom. The number of methoxy groups -OCH3 is 1. The number of ether oxygens (including phenoxy) is 1. The summed E-state index contributed by atoms with van der Waals surface area (Å²) in [7, 11) is -2.84. The molecule has 3 aromatic rings. The summed E-state index contributed by atoms with van der Waals surface area (Å²) in [5, 5.41) is 2.57. The van der Waals surface area contributed by atoms with Gasteiger partial charge < -0.3 is 19.1 Å². The van der Waals surface area contributed by atoms with Crippen LogP contribution in [0, 0.1) is 5.82 Å². The lowest BCUT2D eigenvalue weighted by Crippen LogP contribution is -2.33. The van der Waals surface area contributed by atoms with E-state index in [0.29, 0.717) is 11.3 Å². The average molecular weight is 513 g/mol. The number of halogens is 1. The molecule has 0 saturated heterocycles. The minimum absolute atomic E-state index is 0.0142. The van der Waals surface area contributed by atoms with Crippen molar-refractivity contribution in [1.29, 1.82) is 0 Å². The quantitative estimate of drug-likeness (QED) is 0.428. The fraction of sp³-hybridized carbons (Fsp3) is 0.231. The molecule has 1 fully saturated rings. The van der Waals surface area contributed by atoms with Crippen molar-refractivity contribution in [3.63, 3.8) is 0 Å². The molecule has 0 bridgehead atoms. The maximum atomic E-state index is 14.2. The van der Waals surface area contributed by atoms with Gasteiger partial charge in [-0.05, 0) is 66.9 Å². The van der Waals surface area contributed by atoms with Crippen molar-refractivity contribution in [2.45, 2.75) is 37.2 Å². The van der Waals surface area contributed by atoms with E-state index < -0.39 is 21.8 Å². The topological polar surface area (TPSA) is 102 Å². The molecule has 1 saturated carbocycles. The van der Waals surface area contributed by atoms with Gasteiger partial charge in [0.1, 0.15) is 10.7 Å². The van der Waals surface area contributed by atoms with E-state index in [9.17, 15) is 22.4 Å². The van der Waals surface area contributed by atoms with Gasteiger partial charge in [-0.25, -0.2) is 4.39 Å². The van der Waals surface area contributed by atoms with Gasteiger partial charge in [0.25, 0.3) is 5.91 Å². The van der Waals surface area contributed by atoms with E-state index in [0.717, 1.165) is 12.8 Å². The van der Waals surface area contributed by atoms with Gasteiger partial charge >= 0.3 is 10.1 Å². The smallest absolute Gasteiger partial charge is 0.339 e. The third-order valence-corrected chi connectivity index (χ3v) is 6.85. The molecule has 1 N–H and O–H groups in total. The third-order valence-electron chi connectivity index (χ3n) is 5.60. The molecule has 1 aliphatic carbocycles. The molecule has 10 heteroatoms. The summed E-state index contributed by atoms with van der Waals surface area (Å²) in [5.74, 6) is -1.16. The molecule has 0 spiro atoms. The van der Waals surface area contributed by atoms with Gasteiger partial charge in [0.2, 0.25) is 5.91 Å². The highest BCUT2D eigenvalue weighted by Crippen LogP contribution is 2.34. The molecule has 36 heavy (non-hydrogen) atoms. The summed E-state index contributed by atoms with van der Waals surface area (Å²) in [5.41, 5.74) is 1.03. The minimum atomic E-state index is -4.23. The lowest BCUT2D eigenvalue weighted by atomic mass is 10.1. The predicted octanol–water partition coefficient (Wildman–Crippen LogP) is 4.37. The average Bonchev–Trinajstić information content (AvgIpc) is 3.68. The summed E-state index contributed by atoms with van der Waals surface area (Å²) < 4.78 is 50.7.